The molecule has 96 valence electrons. The third-order valence-corrected chi connectivity index (χ3v) is 2.38. The second-order valence-electron chi connectivity index (χ2n) is 3.04. The molecule has 1 aromatic rings. The number of hydrogen-bond donors (Lipinski definition) is 1. The lowest BCUT2D eigenvalue weighted by atomic mass is 10.2. The fourth-order valence-electron chi connectivity index (χ4n) is 0.993. The van der Waals surface area contributed by atoms with Crippen molar-refractivity contribution in [1.29, 1.82) is 0 Å². The molecular formula is C10H7F3N2O2S. The number of thioether (sulfide) groups is 1. The Morgan fingerprint density at radius 1 is 1.56 bits per heavy atom. The molecule has 0 atom stereocenters. The first-order chi connectivity index (χ1) is 8.32. The van der Waals surface area contributed by atoms with E-state index in [1.807, 2.05) is 4.98 Å². The molecule has 0 bridgehead atoms. The molecule has 18 heavy (non-hydrogen) atoms. The highest BCUT2D eigenvalue weighted by Crippen LogP contribution is 2.28. The summed E-state index contributed by atoms with van der Waals surface area (Å²) in [6, 6.07) is 0. The summed E-state index contributed by atoms with van der Waals surface area (Å²) in [5.74, 6) is 4.43. The normalized spacial score (nSPS) is 10.7. The van der Waals surface area contributed by atoms with Gasteiger partial charge in [0.25, 0.3) is 5.56 Å². The Morgan fingerprint density at radius 3 is 2.78 bits per heavy atom. The fraction of sp³-hybridized carbons (Fsp3) is 0.300. The molecule has 1 heterocycles. The highest BCUT2D eigenvalue weighted by atomic mass is 32.2. The molecule has 0 fully saturated rings. The summed E-state index contributed by atoms with van der Waals surface area (Å²) in [4.78, 5) is 26.9. The highest BCUT2D eigenvalue weighted by Gasteiger charge is 2.36. The zero-order valence-electron chi connectivity index (χ0n) is 9.09. The fourth-order valence-corrected chi connectivity index (χ4v) is 1.34. The molecule has 0 aliphatic carbocycles. The van der Waals surface area contributed by atoms with Crippen LogP contribution < -0.4 is 5.56 Å². The first-order valence-electron chi connectivity index (χ1n) is 4.59. The second kappa shape index (κ2) is 5.73. The van der Waals surface area contributed by atoms with E-state index in [4.69, 9.17) is 0 Å². The first-order valence-corrected chi connectivity index (χ1v) is 5.58. The van der Waals surface area contributed by atoms with Gasteiger partial charge in [0.2, 0.25) is 0 Å². The van der Waals surface area contributed by atoms with Crippen LogP contribution in [0.25, 0.3) is 0 Å². The van der Waals surface area contributed by atoms with E-state index in [9.17, 15) is 22.8 Å². The van der Waals surface area contributed by atoms with Crippen molar-refractivity contribution in [2.75, 3.05) is 5.75 Å². The molecule has 0 spiro atoms. The van der Waals surface area contributed by atoms with E-state index in [0.29, 0.717) is 6.33 Å². The molecule has 1 rings (SSSR count). The number of rotatable bonds is 1. The van der Waals surface area contributed by atoms with Gasteiger partial charge in [-0.2, -0.15) is 13.2 Å². The lowest BCUT2D eigenvalue weighted by molar-refractivity contribution is -0.141. The molecule has 0 aliphatic rings. The molecule has 0 unspecified atom stereocenters. The molecule has 0 aliphatic heterocycles. The summed E-state index contributed by atoms with van der Waals surface area (Å²) in [6.07, 6.45) is -4.08. The lowest BCUT2D eigenvalue weighted by Crippen LogP contribution is -2.20. The lowest BCUT2D eigenvalue weighted by Gasteiger charge is -2.05. The van der Waals surface area contributed by atoms with Crippen LogP contribution in [0.2, 0.25) is 0 Å². The van der Waals surface area contributed by atoms with Crippen LogP contribution in [0.3, 0.4) is 0 Å². The molecule has 1 aromatic heterocycles. The second-order valence-corrected chi connectivity index (χ2v) is 4.19. The third-order valence-electron chi connectivity index (χ3n) is 1.68. The highest BCUT2D eigenvalue weighted by molar-refractivity contribution is 8.13. The average Bonchev–Trinajstić information content (AvgIpc) is 2.24. The molecule has 0 amide bonds. The van der Waals surface area contributed by atoms with E-state index in [0.717, 1.165) is 11.8 Å². The minimum Gasteiger partial charge on any atom is -0.312 e. The van der Waals surface area contributed by atoms with Crippen molar-refractivity contribution in [3.8, 4) is 11.8 Å². The summed E-state index contributed by atoms with van der Waals surface area (Å²) >= 11 is 0.843. The summed E-state index contributed by atoms with van der Waals surface area (Å²) in [6.45, 7) is 1.31. The molecule has 8 heteroatoms. The summed E-state index contributed by atoms with van der Waals surface area (Å²) in [7, 11) is 0. The van der Waals surface area contributed by atoms with E-state index in [1.165, 1.54) is 6.92 Å². The number of aromatic amines is 1. The van der Waals surface area contributed by atoms with Crippen LogP contribution in [0.5, 0.6) is 0 Å². The first kappa shape index (κ1) is 14.3. The van der Waals surface area contributed by atoms with Gasteiger partial charge in [-0.25, -0.2) is 4.98 Å². The molecule has 0 aromatic carbocycles. The van der Waals surface area contributed by atoms with Crippen molar-refractivity contribution in [2.45, 2.75) is 13.1 Å². The molecule has 0 saturated carbocycles. The number of alkyl halides is 3. The molecule has 0 saturated heterocycles. The number of carbonyl (C=O) groups excluding carboxylic acids is 1. The van der Waals surface area contributed by atoms with Gasteiger partial charge >= 0.3 is 6.18 Å². The maximum Gasteiger partial charge on any atom is 0.434 e. The third kappa shape index (κ3) is 3.92. The number of nitrogens with zero attached hydrogens (tertiary/aromatic N) is 1. The Morgan fingerprint density at radius 2 is 2.22 bits per heavy atom. The van der Waals surface area contributed by atoms with E-state index in [2.05, 4.69) is 16.8 Å². The standard InChI is InChI=1S/C10H7F3N2O2S/c1-6(16)18-4-2-3-7-8(10(11,12)13)14-5-15-9(7)17/h5H,4H2,1H3,(H,14,15,17). The summed E-state index contributed by atoms with van der Waals surface area (Å²) in [5, 5.41) is -0.208. The molecule has 0 radical (unpaired) electrons. The number of nitrogens with one attached hydrogen (secondary N) is 1. The van der Waals surface area contributed by atoms with Crippen molar-refractivity contribution in [1.82, 2.24) is 9.97 Å². The van der Waals surface area contributed by atoms with Gasteiger partial charge in [-0.1, -0.05) is 23.6 Å². The van der Waals surface area contributed by atoms with Gasteiger partial charge in [-0.15, -0.1) is 0 Å². The zero-order valence-corrected chi connectivity index (χ0v) is 9.91. The van der Waals surface area contributed by atoms with Crippen molar-refractivity contribution < 1.29 is 18.0 Å². The SMILES string of the molecule is CC(=O)SCC#Cc1c(C(F)(F)F)nc[nH]c1=O. The Kier molecular flexibility index (Phi) is 4.55. The maximum atomic E-state index is 12.5. The van der Waals surface area contributed by atoms with Gasteiger partial charge in [0, 0.05) is 6.92 Å². The summed E-state index contributed by atoms with van der Waals surface area (Å²) in [5.41, 5.74) is -3.03. The van der Waals surface area contributed by atoms with E-state index in [1.54, 1.807) is 0 Å². The number of aromatic nitrogens is 2. The largest absolute Gasteiger partial charge is 0.434 e. The minimum atomic E-state index is -4.74. The predicted octanol–water partition coefficient (Wildman–Crippen LogP) is 1.42. The van der Waals surface area contributed by atoms with Gasteiger partial charge in [0.05, 0.1) is 12.1 Å². The van der Waals surface area contributed by atoms with E-state index >= 15 is 0 Å². The minimum absolute atomic E-state index is 0.0148. The molecule has 4 nitrogen and oxygen atoms in total. The van der Waals surface area contributed by atoms with Crippen LogP contribution in [0.15, 0.2) is 11.1 Å². The number of carbonyl (C=O) groups is 1. The Balaban J connectivity index is 3.08. The molecule has 1 N–H and O–H groups in total. The Labute approximate surface area is 104 Å². The van der Waals surface area contributed by atoms with Crippen molar-refractivity contribution >= 4 is 16.9 Å². The van der Waals surface area contributed by atoms with Crippen LogP contribution in [-0.2, 0) is 11.0 Å². The maximum absolute atomic E-state index is 12.5. The number of hydrogen-bond acceptors (Lipinski definition) is 4. The van der Waals surface area contributed by atoms with Crippen molar-refractivity contribution in [3.05, 3.63) is 27.9 Å². The van der Waals surface area contributed by atoms with Crippen LogP contribution in [0, 0.1) is 11.8 Å². The van der Waals surface area contributed by atoms with Crippen molar-refractivity contribution in [3.63, 3.8) is 0 Å². The number of H-pyrrole nitrogens is 1. The van der Waals surface area contributed by atoms with Crippen LogP contribution in [0.4, 0.5) is 13.2 Å². The predicted molar refractivity (Wildman–Crippen MR) is 59.9 cm³/mol. The monoisotopic (exact) mass is 276 g/mol. The quantitative estimate of drug-likeness (QED) is 0.788. The summed E-state index contributed by atoms with van der Waals surface area (Å²) < 4.78 is 37.6. The smallest absolute Gasteiger partial charge is 0.312 e. The van der Waals surface area contributed by atoms with Crippen LogP contribution >= 0.6 is 11.8 Å². The van der Waals surface area contributed by atoms with Gasteiger partial charge in [0.15, 0.2) is 10.8 Å². The van der Waals surface area contributed by atoms with Gasteiger partial charge in [-0.3, -0.25) is 9.59 Å². The van der Waals surface area contributed by atoms with Gasteiger partial charge in [0.1, 0.15) is 5.56 Å². The topological polar surface area (TPSA) is 62.8 Å². The van der Waals surface area contributed by atoms with E-state index in [-0.39, 0.29) is 10.9 Å². The number of halogens is 3. The Bertz CT molecular complexity index is 569. The zero-order chi connectivity index (χ0) is 13.8. The van der Waals surface area contributed by atoms with Crippen LogP contribution in [0.1, 0.15) is 18.2 Å². The Hall–Kier alpha value is -1.75. The van der Waals surface area contributed by atoms with Crippen LogP contribution in [-0.4, -0.2) is 20.8 Å². The van der Waals surface area contributed by atoms with E-state index < -0.39 is 23.0 Å². The van der Waals surface area contributed by atoms with Gasteiger partial charge < -0.3 is 4.98 Å². The van der Waals surface area contributed by atoms with Gasteiger partial charge in [-0.05, 0) is 0 Å². The van der Waals surface area contributed by atoms with Crippen molar-refractivity contribution in [2.24, 2.45) is 0 Å². The molecular weight excluding hydrogens is 269 g/mol. The average molecular weight is 276 g/mol.